The number of nitrogens with zero attached hydrogens (tertiary/aromatic N) is 5. The topological polar surface area (TPSA) is 91.1 Å². The maximum Gasteiger partial charge on any atom is 0.332 e. The van der Waals surface area contributed by atoms with Crippen molar-refractivity contribution in [1.82, 2.24) is 18.7 Å². The van der Waals surface area contributed by atoms with Gasteiger partial charge in [0.05, 0.1) is 13.1 Å². The van der Waals surface area contributed by atoms with E-state index in [2.05, 4.69) is 16.7 Å². The summed E-state index contributed by atoms with van der Waals surface area (Å²) in [5, 5.41) is 0.597. The Bertz CT molecular complexity index is 1290. The molecule has 1 saturated heterocycles. The van der Waals surface area contributed by atoms with Gasteiger partial charge in [-0.1, -0.05) is 29.7 Å². The molecule has 0 aliphatic carbocycles. The van der Waals surface area contributed by atoms with Crippen molar-refractivity contribution < 1.29 is 0 Å². The third-order valence-corrected chi connectivity index (χ3v) is 5.87. The number of hydrogen-bond acceptors (Lipinski definition) is 5. The Kier molecular flexibility index (Phi) is 5.90. The van der Waals surface area contributed by atoms with E-state index >= 15 is 0 Å². The third kappa shape index (κ3) is 3.99. The number of fused-ring (bicyclic) bond motifs is 1. The van der Waals surface area contributed by atoms with Crippen LogP contribution in [0.25, 0.3) is 11.2 Å². The summed E-state index contributed by atoms with van der Waals surface area (Å²) in [7, 11) is 1.64. The first-order valence-electron chi connectivity index (χ1n) is 10.3. The van der Waals surface area contributed by atoms with E-state index in [1.807, 2.05) is 4.57 Å². The molecule has 0 amide bonds. The van der Waals surface area contributed by atoms with Gasteiger partial charge < -0.3 is 10.6 Å². The molecular weight excluding hydrogens is 416 g/mol. The van der Waals surface area contributed by atoms with Gasteiger partial charge in [-0.25, -0.2) is 4.79 Å². The summed E-state index contributed by atoms with van der Waals surface area (Å²) in [6.07, 6.45) is 1.90. The maximum atomic E-state index is 13.5. The predicted octanol–water partition coefficient (Wildman–Crippen LogP) is 1.55. The van der Waals surface area contributed by atoms with Crippen molar-refractivity contribution in [3.05, 3.63) is 55.7 Å². The second kappa shape index (κ2) is 8.61. The molecule has 1 fully saturated rings. The minimum atomic E-state index is -0.416. The smallest absolute Gasteiger partial charge is 0.332 e. The summed E-state index contributed by atoms with van der Waals surface area (Å²) in [5.41, 5.74) is 6.91. The van der Waals surface area contributed by atoms with E-state index in [4.69, 9.17) is 22.3 Å². The van der Waals surface area contributed by atoms with E-state index in [-0.39, 0.29) is 18.1 Å². The summed E-state index contributed by atoms with van der Waals surface area (Å²) in [5.74, 6) is 6.55. The van der Waals surface area contributed by atoms with Gasteiger partial charge in [-0.15, -0.1) is 5.92 Å². The summed E-state index contributed by atoms with van der Waals surface area (Å²) < 4.78 is 4.47. The Morgan fingerprint density at radius 3 is 2.65 bits per heavy atom. The molecule has 0 radical (unpaired) electrons. The zero-order valence-corrected chi connectivity index (χ0v) is 18.4. The summed E-state index contributed by atoms with van der Waals surface area (Å²) in [6.45, 7) is 3.65. The van der Waals surface area contributed by atoms with Gasteiger partial charge in [0.15, 0.2) is 11.2 Å². The maximum absolute atomic E-state index is 13.5. The number of hydrogen-bond donors (Lipinski definition) is 1. The highest BCUT2D eigenvalue weighted by Gasteiger charge is 2.26. The van der Waals surface area contributed by atoms with Crippen molar-refractivity contribution in [3.63, 3.8) is 0 Å². The van der Waals surface area contributed by atoms with Crippen molar-refractivity contribution in [3.8, 4) is 11.8 Å². The quantitative estimate of drug-likeness (QED) is 0.621. The second-order valence-corrected chi connectivity index (χ2v) is 8.24. The van der Waals surface area contributed by atoms with Crippen LogP contribution < -0.4 is 21.9 Å². The van der Waals surface area contributed by atoms with Crippen LogP contribution in [0.4, 0.5) is 5.95 Å². The predicted molar refractivity (Wildman–Crippen MR) is 123 cm³/mol. The average Bonchev–Trinajstić information content (AvgIpc) is 3.15. The standard InChI is InChI=1S/C22H25ClN6O2/c1-3-4-12-28-18-19(25-21(28)27-11-5-6-17(24)14-27)26(2)22(31)29(20(18)30)13-15-7-9-16(23)10-8-15/h7-10,17H,5-6,11-14,24H2,1-2H3. The third-order valence-electron chi connectivity index (χ3n) is 5.62. The number of anilines is 1. The van der Waals surface area contributed by atoms with Crippen LogP contribution >= 0.6 is 11.6 Å². The van der Waals surface area contributed by atoms with Crippen LogP contribution in [0.2, 0.25) is 5.02 Å². The lowest BCUT2D eigenvalue weighted by Crippen LogP contribution is -2.44. The van der Waals surface area contributed by atoms with Crippen LogP contribution in [0.5, 0.6) is 0 Å². The van der Waals surface area contributed by atoms with Gasteiger partial charge in [0.2, 0.25) is 5.95 Å². The zero-order valence-electron chi connectivity index (χ0n) is 17.6. The van der Waals surface area contributed by atoms with Crippen molar-refractivity contribution in [2.75, 3.05) is 18.0 Å². The minimum absolute atomic E-state index is 0.0460. The highest BCUT2D eigenvalue weighted by Crippen LogP contribution is 2.23. The minimum Gasteiger partial charge on any atom is -0.341 e. The van der Waals surface area contributed by atoms with E-state index < -0.39 is 5.69 Å². The summed E-state index contributed by atoms with van der Waals surface area (Å²) >= 11 is 5.96. The number of piperidine rings is 1. The normalized spacial score (nSPS) is 16.4. The van der Waals surface area contributed by atoms with E-state index in [1.165, 1.54) is 9.13 Å². The molecular formula is C22H25ClN6O2. The number of halogens is 1. The van der Waals surface area contributed by atoms with Gasteiger partial charge in [-0.05, 0) is 37.5 Å². The molecule has 1 unspecified atom stereocenters. The molecule has 1 atom stereocenters. The number of aromatic nitrogens is 4. The van der Waals surface area contributed by atoms with Gasteiger partial charge in [0, 0.05) is 31.2 Å². The fourth-order valence-corrected chi connectivity index (χ4v) is 4.14. The number of rotatable bonds is 4. The molecule has 1 aliphatic rings. The van der Waals surface area contributed by atoms with Crippen LogP contribution in [0, 0.1) is 11.8 Å². The first-order valence-corrected chi connectivity index (χ1v) is 10.6. The van der Waals surface area contributed by atoms with E-state index in [1.54, 1.807) is 38.2 Å². The van der Waals surface area contributed by atoms with Crippen molar-refractivity contribution in [1.29, 1.82) is 0 Å². The lowest BCUT2D eigenvalue weighted by Gasteiger charge is -2.31. The first kappa shape index (κ1) is 21.2. The summed E-state index contributed by atoms with van der Waals surface area (Å²) in [4.78, 5) is 33.3. The Morgan fingerprint density at radius 1 is 1.23 bits per heavy atom. The van der Waals surface area contributed by atoms with Gasteiger partial charge in [-0.3, -0.25) is 18.5 Å². The molecule has 0 bridgehead atoms. The fourth-order valence-electron chi connectivity index (χ4n) is 4.01. The van der Waals surface area contributed by atoms with Crippen LogP contribution in [0.3, 0.4) is 0 Å². The average molecular weight is 441 g/mol. The SMILES string of the molecule is CC#CCn1c(N2CCCC(N)C2)nc2c1c(=O)n(Cc1ccc(Cl)cc1)c(=O)n2C. The first-order chi connectivity index (χ1) is 14.9. The molecule has 2 aromatic heterocycles. The largest absolute Gasteiger partial charge is 0.341 e. The zero-order chi connectivity index (χ0) is 22.1. The molecule has 162 valence electrons. The summed E-state index contributed by atoms with van der Waals surface area (Å²) in [6, 6.07) is 7.13. The Labute approximate surface area is 184 Å². The van der Waals surface area contributed by atoms with Gasteiger partial charge in [0.1, 0.15) is 0 Å². The van der Waals surface area contributed by atoms with Gasteiger partial charge >= 0.3 is 5.69 Å². The molecule has 3 aromatic rings. The van der Waals surface area contributed by atoms with Gasteiger partial charge in [0.25, 0.3) is 5.56 Å². The van der Waals surface area contributed by atoms with Crippen LogP contribution in [0.15, 0.2) is 33.9 Å². The van der Waals surface area contributed by atoms with Crippen LogP contribution in [-0.2, 0) is 20.1 Å². The fraction of sp³-hybridized carbons (Fsp3) is 0.409. The Hall–Kier alpha value is -3.02. The second-order valence-electron chi connectivity index (χ2n) is 7.80. The number of aryl methyl sites for hydroxylation is 1. The molecule has 8 nitrogen and oxygen atoms in total. The molecule has 4 rings (SSSR count). The number of benzene rings is 1. The van der Waals surface area contributed by atoms with Crippen molar-refractivity contribution in [2.45, 2.75) is 38.9 Å². The lowest BCUT2D eigenvalue weighted by molar-refractivity contribution is 0.496. The molecule has 31 heavy (non-hydrogen) atoms. The highest BCUT2D eigenvalue weighted by molar-refractivity contribution is 6.30. The Balaban J connectivity index is 1.91. The number of imidazole rings is 1. The van der Waals surface area contributed by atoms with Crippen molar-refractivity contribution >= 4 is 28.7 Å². The number of nitrogens with two attached hydrogens (primary N) is 1. The van der Waals surface area contributed by atoms with E-state index in [9.17, 15) is 9.59 Å². The van der Waals surface area contributed by atoms with Gasteiger partial charge in [-0.2, -0.15) is 4.98 Å². The van der Waals surface area contributed by atoms with Crippen molar-refractivity contribution in [2.24, 2.45) is 12.8 Å². The molecule has 0 spiro atoms. The monoisotopic (exact) mass is 440 g/mol. The van der Waals surface area contributed by atoms with E-state index in [0.717, 1.165) is 24.9 Å². The Morgan fingerprint density at radius 2 is 1.97 bits per heavy atom. The van der Waals surface area contributed by atoms with Crippen LogP contribution in [-0.4, -0.2) is 37.8 Å². The molecule has 1 aromatic carbocycles. The molecule has 2 N–H and O–H groups in total. The highest BCUT2D eigenvalue weighted by atomic mass is 35.5. The molecule has 0 saturated carbocycles. The van der Waals surface area contributed by atoms with Crippen LogP contribution in [0.1, 0.15) is 25.3 Å². The molecule has 9 heteroatoms. The van der Waals surface area contributed by atoms with E-state index in [0.29, 0.717) is 35.2 Å². The molecule has 1 aliphatic heterocycles. The lowest BCUT2D eigenvalue weighted by atomic mass is 10.1. The molecule has 3 heterocycles.